The van der Waals surface area contributed by atoms with Gasteiger partial charge in [-0.25, -0.2) is 9.48 Å². The lowest BCUT2D eigenvalue weighted by Crippen LogP contribution is -2.49. The van der Waals surface area contributed by atoms with Gasteiger partial charge < -0.3 is 4.74 Å². The summed E-state index contributed by atoms with van der Waals surface area (Å²) in [6, 6.07) is 5.57. The van der Waals surface area contributed by atoms with Crippen LogP contribution in [0, 0.1) is 0 Å². The topological polar surface area (TPSA) is 51.8 Å². The number of nitrogens with zero attached hydrogens (tertiary/aromatic N) is 4. The molecule has 1 aliphatic rings. The number of hydrogen-bond donors (Lipinski definition) is 0. The van der Waals surface area contributed by atoms with Gasteiger partial charge in [-0.05, 0) is 26.0 Å². The van der Waals surface area contributed by atoms with E-state index in [-0.39, 0.29) is 11.3 Å². The maximum atomic E-state index is 12.1. The van der Waals surface area contributed by atoms with E-state index in [1.54, 1.807) is 10.6 Å². The summed E-state index contributed by atoms with van der Waals surface area (Å²) >= 11 is 0. The van der Waals surface area contributed by atoms with E-state index in [9.17, 15) is 4.79 Å². The van der Waals surface area contributed by atoms with Crippen LogP contribution in [0.1, 0.15) is 13.8 Å². The molecule has 0 amide bonds. The van der Waals surface area contributed by atoms with Gasteiger partial charge in [0, 0.05) is 25.8 Å². The maximum absolute atomic E-state index is 12.1. The molecule has 3 rings (SSSR count). The van der Waals surface area contributed by atoms with Crippen molar-refractivity contribution >= 4 is 5.65 Å². The van der Waals surface area contributed by atoms with E-state index in [2.05, 4.69) is 23.8 Å². The van der Waals surface area contributed by atoms with Gasteiger partial charge in [0.25, 0.3) is 0 Å². The molecule has 108 valence electrons. The Kier molecular flexibility index (Phi) is 3.35. The van der Waals surface area contributed by atoms with Crippen molar-refractivity contribution in [2.75, 3.05) is 26.2 Å². The molecule has 3 heterocycles. The Morgan fingerprint density at radius 2 is 2.20 bits per heavy atom. The third kappa shape index (κ3) is 2.62. The van der Waals surface area contributed by atoms with Gasteiger partial charge in [0.1, 0.15) is 0 Å². The summed E-state index contributed by atoms with van der Waals surface area (Å²) in [5.41, 5.74) is 0.509. The van der Waals surface area contributed by atoms with E-state index < -0.39 is 0 Å². The van der Waals surface area contributed by atoms with E-state index >= 15 is 0 Å². The minimum atomic E-state index is -0.109. The van der Waals surface area contributed by atoms with Crippen LogP contribution in [-0.2, 0) is 11.3 Å². The molecule has 0 spiro atoms. The Bertz CT molecular complexity index is 658. The molecule has 0 aliphatic carbocycles. The second-order valence-corrected chi connectivity index (χ2v) is 5.82. The normalized spacial score (nSPS) is 19.5. The first-order valence-corrected chi connectivity index (χ1v) is 6.96. The Hall–Kier alpha value is -1.66. The minimum absolute atomic E-state index is 0.0758. The molecule has 6 nitrogen and oxygen atoms in total. The summed E-state index contributed by atoms with van der Waals surface area (Å²) in [7, 11) is 0. The van der Waals surface area contributed by atoms with Gasteiger partial charge in [-0.3, -0.25) is 9.30 Å². The summed E-state index contributed by atoms with van der Waals surface area (Å²) < 4.78 is 8.80. The summed E-state index contributed by atoms with van der Waals surface area (Å²) in [6.45, 7) is 8.15. The lowest BCUT2D eigenvalue weighted by Gasteiger charge is -2.38. The highest BCUT2D eigenvalue weighted by molar-refractivity contribution is 5.35. The molecule has 1 saturated heterocycles. The Morgan fingerprint density at radius 3 is 2.95 bits per heavy atom. The van der Waals surface area contributed by atoms with Crippen molar-refractivity contribution < 1.29 is 4.74 Å². The highest BCUT2D eigenvalue weighted by atomic mass is 16.5. The Labute approximate surface area is 117 Å². The maximum Gasteiger partial charge on any atom is 0.350 e. The zero-order chi connectivity index (χ0) is 14.2. The lowest BCUT2D eigenvalue weighted by atomic mass is 10.1. The number of rotatable bonds is 3. The van der Waals surface area contributed by atoms with Crippen LogP contribution in [0.15, 0.2) is 29.2 Å². The van der Waals surface area contributed by atoms with E-state index in [1.807, 2.05) is 18.2 Å². The van der Waals surface area contributed by atoms with Gasteiger partial charge in [0.2, 0.25) is 0 Å². The van der Waals surface area contributed by atoms with Crippen molar-refractivity contribution in [2.24, 2.45) is 0 Å². The van der Waals surface area contributed by atoms with Crippen LogP contribution in [0.3, 0.4) is 0 Å². The molecule has 6 heteroatoms. The van der Waals surface area contributed by atoms with E-state index in [4.69, 9.17) is 4.74 Å². The lowest BCUT2D eigenvalue weighted by molar-refractivity contribution is -0.0866. The van der Waals surface area contributed by atoms with Crippen molar-refractivity contribution in [1.82, 2.24) is 19.1 Å². The van der Waals surface area contributed by atoms with E-state index in [0.717, 1.165) is 26.2 Å². The first-order valence-electron chi connectivity index (χ1n) is 6.96. The van der Waals surface area contributed by atoms with Crippen LogP contribution in [0.25, 0.3) is 5.65 Å². The number of morpholine rings is 1. The first kappa shape index (κ1) is 13.3. The molecule has 0 unspecified atom stereocenters. The summed E-state index contributed by atoms with van der Waals surface area (Å²) in [5, 5.41) is 4.34. The summed E-state index contributed by atoms with van der Waals surface area (Å²) in [4.78, 5) is 14.5. The van der Waals surface area contributed by atoms with Crippen molar-refractivity contribution in [3.63, 3.8) is 0 Å². The third-order valence-electron chi connectivity index (χ3n) is 3.62. The molecule has 0 N–H and O–H groups in total. The summed E-state index contributed by atoms with van der Waals surface area (Å²) in [6.07, 6.45) is 1.75. The Balaban J connectivity index is 1.71. The fraction of sp³-hybridized carbons (Fsp3) is 0.571. The van der Waals surface area contributed by atoms with Crippen LogP contribution >= 0.6 is 0 Å². The zero-order valence-corrected chi connectivity index (χ0v) is 12.0. The number of pyridine rings is 1. The molecule has 0 saturated carbocycles. The highest BCUT2D eigenvalue weighted by Crippen LogP contribution is 2.15. The fourth-order valence-electron chi connectivity index (χ4n) is 2.66. The van der Waals surface area contributed by atoms with Crippen LogP contribution in [0.5, 0.6) is 0 Å². The van der Waals surface area contributed by atoms with Crippen LogP contribution < -0.4 is 5.69 Å². The zero-order valence-electron chi connectivity index (χ0n) is 12.0. The van der Waals surface area contributed by atoms with Crippen molar-refractivity contribution in [2.45, 2.75) is 26.0 Å². The average Bonchev–Trinajstić information content (AvgIpc) is 2.73. The minimum Gasteiger partial charge on any atom is -0.373 e. The monoisotopic (exact) mass is 276 g/mol. The number of fused-ring (bicyclic) bond motifs is 1. The number of aromatic nitrogens is 3. The van der Waals surface area contributed by atoms with Crippen LogP contribution in [-0.4, -0.2) is 50.9 Å². The standard InChI is InChI=1S/C14H20N4O2/c1-14(2)11-16(9-10-20-14)7-8-18-13(19)17-6-4-3-5-12(17)15-18/h3-6H,7-11H2,1-2H3. The molecule has 20 heavy (non-hydrogen) atoms. The molecule has 0 bridgehead atoms. The smallest absolute Gasteiger partial charge is 0.350 e. The predicted molar refractivity (Wildman–Crippen MR) is 75.9 cm³/mol. The summed E-state index contributed by atoms with van der Waals surface area (Å²) in [5.74, 6) is 0. The third-order valence-corrected chi connectivity index (χ3v) is 3.62. The number of ether oxygens (including phenoxy) is 1. The predicted octanol–water partition coefficient (Wildman–Crippen LogP) is 0.607. The van der Waals surface area contributed by atoms with E-state index in [0.29, 0.717) is 12.2 Å². The molecule has 0 radical (unpaired) electrons. The second kappa shape index (κ2) is 5.03. The molecule has 2 aromatic heterocycles. The van der Waals surface area contributed by atoms with Gasteiger partial charge >= 0.3 is 5.69 Å². The molecule has 1 aliphatic heterocycles. The van der Waals surface area contributed by atoms with E-state index in [1.165, 1.54) is 4.68 Å². The van der Waals surface area contributed by atoms with Crippen molar-refractivity contribution in [3.05, 3.63) is 34.9 Å². The van der Waals surface area contributed by atoms with Gasteiger partial charge in [-0.15, -0.1) is 5.10 Å². The first-order chi connectivity index (χ1) is 9.55. The van der Waals surface area contributed by atoms with Crippen molar-refractivity contribution in [3.8, 4) is 0 Å². The van der Waals surface area contributed by atoms with Gasteiger partial charge in [0.05, 0.1) is 18.8 Å². The molecule has 0 aromatic carbocycles. The average molecular weight is 276 g/mol. The molecular formula is C14H20N4O2. The molecule has 0 atom stereocenters. The largest absolute Gasteiger partial charge is 0.373 e. The molecule has 1 fully saturated rings. The Morgan fingerprint density at radius 1 is 1.35 bits per heavy atom. The van der Waals surface area contributed by atoms with Crippen LogP contribution in [0.2, 0.25) is 0 Å². The van der Waals surface area contributed by atoms with Gasteiger partial charge in [-0.1, -0.05) is 6.07 Å². The van der Waals surface area contributed by atoms with Gasteiger partial charge in [-0.2, -0.15) is 0 Å². The molecular weight excluding hydrogens is 256 g/mol. The highest BCUT2D eigenvalue weighted by Gasteiger charge is 2.26. The van der Waals surface area contributed by atoms with Crippen LogP contribution in [0.4, 0.5) is 0 Å². The fourth-order valence-corrected chi connectivity index (χ4v) is 2.66. The SMILES string of the molecule is CC1(C)CN(CCn2nc3ccccn3c2=O)CCO1. The quantitative estimate of drug-likeness (QED) is 0.824. The second-order valence-electron chi connectivity index (χ2n) is 5.82. The molecule has 2 aromatic rings. The van der Waals surface area contributed by atoms with Crippen molar-refractivity contribution in [1.29, 1.82) is 0 Å². The van der Waals surface area contributed by atoms with Gasteiger partial charge in [0.15, 0.2) is 5.65 Å². The number of hydrogen-bond acceptors (Lipinski definition) is 4.